The van der Waals surface area contributed by atoms with Gasteiger partial charge in [0.05, 0.1) is 0 Å². The minimum absolute atomic E-state index is 0.726. The Hall–Kier alpha value is -0.380. The summed E-state index contributed by atoms with van der Waals surface area (Å²) in [5.74, 6) is 0.726. The van der Waals surface area contributed by atoms with Crippen molar-refractivity contribution in [2.45, 2.75) is 19.4 Å². The third kappa shape index (κ3) is 2.56. The van der Waals surface area contributed by atoms with Crippen molar-refractivity contribution in [3.05, 3.63) is 22.4 Å². The summed E-state index contributed by atoms with van der Waals surface area (Å²) in [4.78, 5) is 4.01. The molecule has 1 aliphatic rings. The second-order valence-electron chi connectivity index (χ2n) is 4.06. The molecule has 2 rings (SSSR count). The third-order valence-corrected chi connectivity index (χ3v) is 3.76. The second-order valence-corrected chi connectivity index (χ2v) is 5.09. The summed E-state index contributed by atoms with van der Waals surface area (Å²) in [7, 11) is 0. The number of thiophene rings is 1. The van der Waals surface area contributed by atoms with Gasteiger partial charge in [0.2, 0.25) is 0 Å². The molecule has 2 nitrogen and oxygen atoms in total. The van der Waals surface area contributed by atoms with Crippen LogP contribution in [0.3, 0.4) is 0 Å². The van der Waals surface area contributed by atoms with Crippen LogP contribution >= 0.6 is 11.3 Å². The molecule has 2 N–H and O–H groups in total. The highest BCUT2D eigenvalue weighted by molar-refractivity contribution is 7.09. The van der Waals surface area contributed by atoms with Crippen molar-refractivity contribution in [3.8, 4) is 0 Å². The van der Waals surface area contributed by atoms with Crippen LogP contribution in [0.4, 0.5) is 0 Å². The Bertz CT molecular complexity index is 258. The molecule has 2 heterocycles. The van der Waals surface area contributed by atoms with Gasteiger partial charge in [-0.15, -0.1) is 11.3 Å². The lowest BCUT2D eigenvalue weighted by atomic mass is 9.98. The lowest BCUT2D eigenvalue weighted by molar-refractivity contribution is 0.172. The Labute approximate surface area is 89.7 Å². The predicted octanol–water partition coefficient (Wildman–Crippen LogP) is 1.92. The molecule has 0 amide bonds. The number of likely N-dealkylation sites (tertiary alicyclic amines) is 1. The van der Waals surface area contributed by atoms with Crippen molar-refractivity contribution in [3.63, 3.8) is 0 Å². The number of rotatable bonds is 3. The molecule has 0 radical (unpaired) electrons. The molecular formula is C11H18N2S. The van der Waals surface area contributed by atoms with Crippen LogP contribution in [-0.2, 0) is 6.54 Å². The number of nitrogens with two attached hydrogens (primary N) is 1. The highest BCUT2D eigenvalue weighted by Crippen LogP contribution is 2.19. The van der Waals surface area contributed by atoms with Crippen molar-refractivity contribution in [2.24, 2.45) is 11.7 Å². The molecule has 0 aliphatic carbocycles. The zero-order valence-electron chi connectivity index (χ0n) is 8.48. The average Bonchev–Trinajstić information content (AvgIpc) is 2.71. The molecule has 0 aromatic carbocycles. The summed E-state index contributed by atoms with van der Waals surface area (Å²) in [6, 6.07) is 4.35. The monoisotopic (exact) mass is 210 g/mol. The van der Waals surface area contributed by atoms with Gasteiger partial charge in [-0.2, -0.15) is 0 Å². The summed E-state index contributed by atoms with van der Waals surface area (Å²) in [6.45, 7) is 4.40. The number of hydrogen-bond donors (Lipinski definition) is 1. The maximum absolute atomic E-state index is 5.71. The quantitative estimate of drug-likeness (QED) is 0.826. The van der Waals surface area contributed by atoms with Crippen LogP contribution in [0.1, 0.15) is 17.7 Å². The lowest BCUT2D eigenvalue weighted by Gasteiger charge is -2.31. The zero-order valence-corrected chi connectivity index (χ0v) is 9.30. The highest BCUT2D eigenvalue weighted by atomic mass is 32.1. The Balaban J connectivity index is 1.86. The molecule has 3 heteroatoms. The normalized spacial score (nSPS) is 23.9. The number of hydrogen-bond acceptors (Lipinski definition) is 3. The van der Waals surface area contributed by atoms with E-state index in [2.05, 4.69) is 22.4 Å². The standard InChI is InChI=1S/C11H18N2S/c12-7-10-3-1-5-13(8-10)9-11-4-2-6-14-11/h2,4,6,10H,1,3,5,7-9,12H2/t10-/m1/s1. The summed E-state index contributed by atoms with van der Waals surface area (Å²) < 4.78 is 0. The first-order chi connectivity index (χ1) is 6.88. The number of nitrogens with zero attached hydrogens (tertiary/aromatic N) is 1. The molecule has 0 saturated carbocycles. The van der Waals surface area contributed by atoms with E-state index in [1.165, 1.54) is 30.8 Å². The highest BCUT2D eigenvalue weighted by Gasteiger charge is 2.18. The maximum atomic E-state index is 5.71. The Morgan fingerprint density at radius 1 is 1.57 bits per heavy atom. The molecule has 1 aromatic rings. The van der Waals surface area contributed by atoms with Gasteiger partial charge < -0.3 is 5.73 Å². The maximum Gasteiger partial charge on any atom is 0.0328 e. The van der Waals surface area contributed by atoms with E-state index >= 15 is 0 Å². The van der Waals surface area contributed by atoms with Gasteiger partial charge in [0, 0.05) is 18.0 Å². The van der Waals surface area contributed by atoms with Crippen LogP contribution in [0.15, 0.2) is 17.5 Å². The zero-order chi connectivity index (χ0) is 9.80. The van der Waals surface area contributed by atoms with Crippen LogP contribution in [0.5, 0.6) is 0 Å². The SMILES string of the molecule is NC[C@H]1CCCN(Cc2cccs2)C1. The van der Waals surface area contributed by atoms with Crippen LogP contribution in [0.25, 0.3) is 0 Å². The minimum atomic E-state index is 0.726. The Morgan fingerprint density at radius 2 is 2.50 bits per heavy atom. The van der Waals surface area contributed by atoms with Crippen LogP contribution < -0.4 is 5.73 Å². The lowest BCUT2D eigenvalue weighted by Crippen LogP contribution is -2.37. The second kappa shape index (κ2) is 4.91. The van der Waals surface area contributed by atoms with Crippen LogP contribution in [0, 0.1) is 5.92 Å². The molecule has 14 heavy (non-hydrogen) atoms. The number of piperidine rings is 1. The largest absolute Gasteiger partial charge is 0.330 e. The molecule has 1 fully saturated rings. The van der Waals surface area contributed by atoms with E-state index in [1.807, 2.05) is 11.3 Å². The van der Waals surface area contributed by atoms with Gasteiger partial charge >= 0.3 is 0 Å². The Kier molecular flexibility index (Phi) is 3.56. The van der Waals surface area contributed by atoms with E-state index in [0.29, 0.717) is 0 Å². The van der Waals surface area contributed by atoms with E-state index in [-0.39, 0.29) is 0 Å². The fourth-order valence-electron chi connectivity index (χ4n) is 2.11. The van der Waals surface area contributed by atoms with Crippen molar-refractivity contribution < 1.29 is 0 Å². The fraction of sp³-hybridized carbons (Fsp3) is 0.636. The third-order valence-electron chi connectivity index (χ3n) is 2.90. The summed E-state index contributed by atoms with van der Waals surface area (Å²) in [5, 5.41) is 2.15. The molecule has 1 aliphatic heterocycles. The van der Waals surface area contributed by atoms with Gasteiger partial charge in [-0.05, 0) is 43.3 Å². The van der Waals surface area contributed by atoms with Gasteiger partial charge in [-0.25, -0.2) is 0 Å². The fourth-order valence-corrected chi connectivity index (χ4v) is 2.86. The predicted molar refractivity (Wildman–Crippen MR) is 61.4 cm³/mol. The average molecular weight is 210 g/mol. The minimum Gasteiger partial charge on any atom is -0.330 e. The van der Waals surface area contributed by atoms with E-state index in [4.69, 9.17) is 5.73 Å². The summed E-state index contributed by atoms with van der Waals surface area (Å²) in [5.41, 5.74) is 5.71. The van der Waals surface area contributed by atoms with E-state index in [9.17, 15) is 0 Å². The molecule has 1 saturated heterocycles. The summed E-state index contributed by atoms with van der Waals surface area (Å²) >= 11 is 1.85. The molecular weight excluding hydrogens is 192 g/mol. The van der Waals surface area contributed by atoms with E-state index in [1.54, 1.807) is 0 Å². The van der Waals surface area contributed by atoms with Crippen molar-refractivity contribution >= 4 is 11.3 Å². The van der Waals surface area contributed by atoms with Gasteiger partial charge in [0.15, 0.2) is 0 Å². The Morgan fingerprint density at radius 3 is 3.21 bits per heavy atom. The van der Waals surface area contributed by atoms with Crippen molar-refractivity contribution in [1.82, 2.24) is 4.90 Å². The van der Waals surface area contributed by atoms with Crippen LogP contribution in [-0.4, -0.2) is 24.5 Å². The topological polar surface area (TPSA) is 29.3 Å². The van der Waals surface area contributed by atoms with Gasteiger partial charge in [-0.1, -0.05) is 6.07 Å². The van der Waals surface area contributed by atoms with Crippen molar-refractivity contribution in [2.75, 3.05) is 19.6 Å². The molecule has 0 bridgehead atoms. The molecule has 78 valence electrons. The molecule has 1 aromatic heterocycles. The summed E-state index contributed by atoms with van der Waals surface area (Å²) in [6.07, 6.45) is 2.63. The molecule has 0 unspecified atom stereocenters. The van der Waals surface area contributed by atoms with Gasteiger partial charge in [0.25, 0.3) is 0 Å². The van der Waals surface area contributed by atoms with Gasteiger partial charge in [0.1, 0.15) is 0 Å². The van der Waals surface area contributed by atoms with E-state index in [0.717, 1.165) is 19.0 Å². The first-order valence-corrected chi connectivity index (χ1v) is 6.21. The van der Waals surface area contributed by atoms with Crippen LogP contribution in [0.2, 0.25) is 0 Å². The smallest absolute Gasteiger partial charge is 0.0328 e. The molecule has 1 atom stereocenters. The van der Waals surface area contributed by atoms with Crippen molar-refractivity contribution in [1.29, 1.82) is 0 Å². The van der Waals surface area contributed by atoms with Gasteiger partial charge in [-0.3, -0.25) is 4.90 Å². The first kappa shape index (κ1) is 10.1. The molecule has 0 spiro atoms. The first-order valence-electron chi connectivity index (χ1n) is 5.33. The van der Waals surface area contributed by atoms with E-state index < -0.39 is 0 Å².